The lowest BCUT2D eigenvalue weighted by molar-refractivity contribution is -0.385. The van der Waals surface area contributed by atoms with Crippen LogP contribution in [0.5, 0.6) is 11.5 Å². The maximum Gasteiger partial charge on any atom is 0.416 e. The van der Waals surface area contributed by atoms with Crippen LogP contribution in [0.2, 0.25) is 0 Å². The van der Waals surface area contributed by atoms with E-state index in [-0.39, 0.29) is 30.8 Å². The van der Waals surface area contributed by atoms with Crippen molar-refractivity contribution >= 4 is 34.9 Å². The third kappa shape index (κ3) is 9.49. The van der Waals surface area contributed by atoms with E-state index < -0.39 is 22.0 Å². The number of hydrogen-bond donors (Lipinski definition) is 0. The van der Waals surface area contributed by atoms with Crippen LogP contribution in [-0.4, -0.2) is 49.7 Å². The number of allylic oxidation sites excluding steroid dienone is 2. The molecule has 0 radical (unpaired) electrons. The molecule has 0 fully saturated rings. The largest absolute Gasteiger partial charge is 0.472 e. The predicted octanol–water partition coefficient (Wildman–Crippen LogP) is 8.67. The van der Waals surface area contributed by atoms with Gasteiger partial charge in [-0.25, -0.2) is 19.4 Å². The van der Waals surface area contributed by atoms with Gasteiger partial charge in [0.2, 0.25) is 0 Å². The maximum absolute atomic E-state index is 12.9. The molecule has 0 spiro atoms. The van der Waals surface area contributed by atoms with Crippen LogP contribution in [0.15, 0.2) is 72.3 Å². The lowest BCUT2D eigenvalue weighted by atomic mass is 9.84. The molecular formula is C36H42N4O10. The fourth-order valence-electron chi connectivity index (χ4n) is 5.78. The fourth-order valence-corrected chi connectivity index (χ4v) is 5.78. The Morgan fingerprint density at radius 1 is 0.800 bits per heavy atom. The van der Waals surface area contributed by atoms with E-state index in [2.05, 4.69) is 19.9 Å². The molecule has 2 amide bonds. The Morgan fingerprint density at radius 2 is 1.28 bits per heavy atom. The zero-order valence-corrected chi connectivity index (χ0v) is 28.7. The third-order valence-electron chi connectivity index (χ3n) is 8.41. The molecule has 0 saturated carbocycles. The van der Waals surface area contributed by atoms with Crippen molar-refractivity contribution in [3.8, 4) is 11.5 Å². The van der Waals surface area contributed by atoms with Gasteiger partial charge in [-0.1, -0.05) is 31.4 Å². The van der Waals surface area contributed by atoms with Gasteiger partial charge in [-0.15, -0.1) is 0 Å². The van der Waals surface area contributed by atoms with E-state index in [0.717, 1.165) is 49.7 Å². The molecule has 0 aromatic heterocycles. The first-order valence-corrected chi connectivity index (χ1v) is 16.4. The predicted molar refractivity (Wildman–Crippen MR) is 187 cm³/mol. The molecule has 0 heterocycles. The topological polar surface area (TPSA) is 164 Å². The Morgan fingerprint density at radius 3 is 1.68 bits per heavy atom. The number of nitrogens with zero attached hydrogens (tertiary/aromatic N) is 4. The fraction of sp³-hybridized carbons (Fsp3) is 0.389. The molecule has 50 heavy (non-hydrogen) atoms. The SMILES string of the molecule is CCCCCc1cc(OCN(C(=O)OC)c2ccc([N+](=O)[O-])cc2)c(C2C=C(C)CCC2)c(OCN(C(=O)OC)c2ccc([N+](=O)[O-])cc2)c1. The van der Waals surface area contributed by atoms with Crippen molar-refractivity contribution in [2.75, 3.05) is 37.5 Å². The molecule has 3 aromatic rings. The van der Waals surface area contributed by atoms with Crippen LogP contribution in [0.3, 0.4) is 0 Å². The summed E-state index contributed by atoms with van der Waals surface area (Å²) in [6, 6.07) is 14.8. The summed E-state index contributed by atoms with van der Waals surface area (Å²) in [5.41, 5.74) is 3.27. The Bertz CT molecular complexity index is 1590. The maximum atomic E-state index is 12.9. The molecule has 0 bridgehead atoms. The highest BCUT2D eigenvalue weighted by atomic mass is 16.6. The molecule has 4 rings (SSSR count). The monoisotopic (exact) mass is 690 g/mol. The summed E-state index contributed by atoms with van der Waals surface area (Å²) in [6.45, 7) is 3.63. The Hall–Kier alpha value is -5.66. The van der Waals surface area contributed by atoms with E-state index in [9.17, 15) is 29.8 Å². The Balaban J connectivity index is 1.76. The van der Waals surface area contributed by atoms with Crippen LogP contribution in [0.4, 0.5) is 32.3 Å². The quantitative estimate of drug-likeness (QED) is 0.0495. The number of ether oxygens (including phenoxy) is 4. The Kier molecular flexibility index (Phi) is 13.1. The lowest BCUT2D eigenvalue weighted by Crippen LogP contribution is -2.35. The number of benzene rings is 3. The molecule has 14 nitrogen and oxygen atoms in total. The second kappa shape index (κ2) is 17.7. The summed E-state index contributed by atoms with van der Waals surface area (Å²) >= 11 is 0. The number of carbonyl (C=O) groups is 2. The van der Waals surface area contributed by atoms with Crippen LogP contribution in [0, 0.1) is 20.2 Å². The van der Waals surface area contributed by atoms with E-state index in [4.69, 9.17) is 18.9 Å². The molecule has 14 heteroatoms. The third-order valence-corrected chi connectivity index (χ3v) is 8.41. The zero-order chi connectivity index (χ0) is 36.2. The average molecular weight is 691 g/mol. The molecule has 1 aliphatic carbocycles. The van der Waals surface area contributed by atoms with Crippen molar-refractivity contribution in [1.29, 1.82) is 0 Å². The van der Waals surface area contributed by atoms with E-state index in [0.29, 0.717) is 29.3 Å². The first-order valence-electron chi connectivity index (χ1n) is 16.4. The smallest absolute Gasteiger partial charge is 0.416 e. The number of rotatable bonds is 15. The lowest BCUT2D eigenvalue weighted by Gasteiger charge is -2.28. The molecule has 0 aliphatic heterocycles. The number of carbonyl (C=O) groups excluding carboxylic acids is 2. The highest BCUT2D eigenvalue weighted by Gasteiger charge is 2.27. The van der Waals surface area contributed by atoms with Crippen molar-refractivity contribution in [2.24, 2.45) is 0 Å². The Labute approximate surface area is 290 Å². The van der Waals surface area contributed by atoms with Gasteiger partial charge < -0.3 is 18.9 Å². The van der Waals surface area contributed by atoms with E-state index >= 15 is 0 Å². The molecule has 1 atom stereocenters. The van der Waals surface area contributed by atoms with Crippen LogP contribution < -0.4 is 19.3 Å². The molecular weight excluding hydrogens is 648 g/mol. The molecule has 1 aliphatic rings. The van der Waals surface area contributed by atoms with Gasteiger partial charge in [0.1, 0.15) is 11.5 Å². The number of nitro benzene ring substituents is 2. The van der Waals surface area contributed by atoms with Crippen molar-refractivity contribution in [3.05, 3.63) is 104 Å². The number of methoxy groups -OCH3 is 2. The van der Waals surface area contributed by atoms with Crippen LogP contribution in [0.1, 0.15) is 69.4 Å². The minimum Gasteiger partial charge on any atom is -0.472 e. The minimum absolute atomic E-state index is 0.115. The van der Waals surface area contributed by atoms with Crippen LogP contribution in [-0.2, 0) is 15.9 Å². The number of amides is 2. The van der Waals surface area contributed by atoms with Gasteiger partial charge in [-0.2, -0.15) is 0 Å². The van der Waals surface area contributed by atoms with Crippen molar-refractivity contribution in [3.63, 3.8) is 0 Å². The first-order chi connectivity index (χ1) is 24.1. The summed E-state index contributed by atoms with van der Waals surface area (Å²) in [5, 5.41) is 22.5. The highest BCUT2D eigenvalue weighted by Crippen LogP contribution is 2.43. The van der Waals surface area contributed by atoms with Gasteiger partial charge in [-0.3, -0.25) is 20.2 Å². The van der Waals surface area contributed by atoms with E-state index in [1.165, 1.54) is 78.1 Å². The van der Waals surface area contributed by atoms with E-state index in [1.54, 1.807) is 0 Å². The van der Waals surface area contributed by atoms with Gasteiger partial charge in [0.15, 0.2) is 13.5 Å². The minimum atomic E-state index is -0.721. The summed E-state index contributed by atoms with van der Waals surface area (Å²) in [4.78, 5) is 49.7. The number of anilines is 2. The van der Waals surface area contributed by atoms with E-state index in [1.807, 2.05) is 12.1 Å². The number of non-ortho nitro benzene ring substituents is 2. The van der Waals surface area contributed by atoms with Gasteiger partial charge >= 0.3 is 12.2 Å². The number of unbranched alkanes of at least 4 members (excludes halogenated alkanes) is 2. The number of nitro groups is 2. The van der Waals surface area contributed by atoms with Gasteiger partial charge in [0.05, 0.1) is 35.4 Å². The van der Waals surface area contributed by atoms with Crippen molar-refractivity contribution < 1.29 is 38.4 Å². The summed E-state index contributed by atoms with van der Waals surface area (Å²) in [5.74, 6) is 0.830. The molecule has 266 valence electrons. The van der Waals surface area contributed by atoms with Crippen LogP contribution in [0.25, 0.3) is 0 Å². The van der Waals surface area contributed by atoms with Gasteiger partial charge in [0, 0.05) is 35.7 Å². The van der Waals surface area contributed by atoms with Crippen molar-refractivity contribution in [1.82, 2.24) is 0 Å². The molecule has 3 aromatic carbocycles. The molecule has 0 saturated heterocycles. The summed E-state index contributed by atoms with van der Waals surface area (Å²) < 4.78 is 22.9. The number of hydrogen-bond acceptors (Lipinski definition) is 10. The number of aryl methyl sites for hydroxylation is 1. The molecule has 1 unspecified atom stereocenters. The highest BCUT2D eigenvalue weighted by molar-refractivity contribution is 5.88. The summed E-state index contributed by atoms with van der Waals surface area (Å²) in [7, 11) is 2.47. The molecule has 0 N–H and O–H groups in total. The average Bonchev–Trinajstić information content (AvgIpc) is 3.11. The summed E-state index contributed by atoms with van der Waals surface area (Å²) in [6.07, 6.45) is 7.04. The standard InChI is InChI=1S/C36H42N4O10/c1-5-6-7-10-26-21-32(49-23-37(35(41)47-3)28-12-16-30(17-13-28)39(43)44)34(27-11-8-9-25(2)20-27)33(22-26)50-24-38(36(42)48-4)29-14-18-31(19-15-29)40(45)46/h12-22,27H,5-11,23-24H2,1-4H3. The van der Waals surface area contributed by atoms with Crippen LogP contribution >= 0.6 is 0 Å². The van der Waals surface area contributed by atoms with Crippen molar-refractivity contribution in [2.45, 2.75) is 64.7 Å². The zero-order valence-electron chi connectivity index (χ0n) is 28.7. The van der Waals surface area contributed by atoms with Gasteiger partial charge in [-0.05, 0) is 81.0 Å². The second-order valence-corrected chi connectivity index (χ2v) is 11.9. The second-order valence-electron chi connectivity index (χ2n) is 11.9. The first kappa shape index (κ1) is 37.2. The normalized spacial score (nSPS) is 13.8. The van der Waals surface area contributed by atoms with Gasteiger partial charge in [0.25, 0.3) is 11.4 Å².